The summed E-state index contributed by atoms with van der Waals surface area (Å²) in [6, 6.07) is 6.08. The van der Waals surface area contributed by atoms with Gasteiger partial charge in [-0.2, -0.15) is 0 Å². The van der Waals surface area contributed by atoms with Crippen LogP contribution in [0.3, 0.4) is 0 Å². The van der Waals surface area contributed by atoms with Crippen LogP contribution in [-0.2, 0) is 6.61 Å². The van der Waals surface area contributed by atoms with Crippen LogP contribution in [0.1, 0.15) is 11.3 Å². The van der Waals surface area contributed by atoms with Gasteiger partial charge in [-0.25, -0.2) is 4.98 Å². The third-order valence-electron chi connectivity index (χ3n) is 2.56. The fraction of sp³-hybridized carbons (Fsp3) is 0.182. The van der Waals surface area contributed by atoms with Crippen molar-refractivity contribution in [2.24, 2.45) is 0 Å². The Morgan fingerprint density at radius 3 is 3.20 bits per heavy atom. The molecule has 3 rings (SSSR count). The molecule has 1 aromatic carbocycles. The molecule has 76 valence electrons. The molecule has 1 aliphatic rings. The van der Waals surface area contributed by atoms with Gasteiger partial charge in [0.1, 0.15) is 18.1 Å². The molecule has 1 aromatic heterocycles. The predicted molar refractivity (Wildman–Crippen MR) is 57.5 cm³/mol. The van der Waals surface area contributed by atoms with Crippen molar-refractivity contribution in [1.29, 1.82) is 0 Å². The molecule has 0 radical (unpaired) electrons. The zero-order chi connectivity index (χ0) is 10.4. The maximum Gasteiger partial charge on any atom is 0.198 e. The summed E-state index contributed by atoms with van der Waals surface area (Å²) < 4.78 is 5.62. The highest BCUT2D eigenvalue weighted by Crippen LogP contribution is 2.36. The highest BCUT2D eigenvalue weighted by Gasteiger charge is 2.20. The molecular formula is C11H11N3O. The standard InChI is InChI=1S/C11H11N3O/c1-6-2-3-7-9(4-6)15-5-8-10(7)14-11(12)13-8/h2-4H,5H2,1H3,(H3,12,13,14). The van der Waals surface area contributed by atoms with Gasteiger partial charge in [-0.1, -0.05) is 6.07 Å². The first-order valence-corrected chi connectivity index (χ1v) is 4.82. The van der Waals surface area contributed by atoms with Crippen molar-refractivity contribution in [3.05, 3.63) is 29.5 Å². The van der Waals surface area contributed by atoms with E-state index < -0.39 is 0 Å². The first-order valence-electron chi connectivity index (χ1n) is 4.82. The van der Waals surface area contributed by atoms with Crippen LogP contribution < -0.4 is 10.5 Å². The molecule has 1 aliphatic heterocycles. The molecular weight excluding hydrogens is 190 g/mol. The number of fused-ring (bicyclic) bond motifs is 3. The van der Waals surface area contributed by atoms with Gasteiger partial charge in [0, 0.05) is 5.56 Å². The number of benzene rings is 1. The van der Waals surface area contributed by atoms with Crippen LogP contribution in [0.5, 0.6) is 5.75 Å². The predicted octanol–water partition coefficient (Wildman–Crippen LogP) is 1.86. The van der Waals surface area contributed by atoms with Crippen molar-refractivity contribution >= 4 is 5.95 Å². The minimum Gasteiger partial charge on any atom is -0.487 e. The summed E-state index contributed by atoms with van der Waals surface area (Å²) in [5, 5.41) is 0. The van der Waals surface area contributed by atoms with Crippen LogP contribution in [0.25, 0.3) is 11.3 Å². The molecule has 15 heavy (non-hydrogen) atoms. The van der Waals surface area contributed by atoms with Gasteiger partial charge in [0.15, 0.2) is 5.95 Å². The lowest BCUT2D eigenvalue weighted by Gasteiger charge is -2.16. The lowest BCUT2D eigenvalue weighted by Crippen LogP contribution is -2.05. The van der Waals surface area contributed by atoms with E-state index in [1.807, 2.05) is 25.1 Å². The van der Waals surface area contributed by atoms with E-state index in [4.69, 9.17) is 10.5 Å². The zero-order valence-electron chi connectivity index (χ0n) is 8.37. The average Bonchev–Trinajstić information content (AvgIpc) is 2.58. The number of aryl methyl sites for hydroxylation is 1. The second-order valence-electron chi connectivity index (χ2n) is 3.74. The van der Waals surface area contributed by atoms with Crippen LogP contribution in [0, 0.1) is 6.92 Å². The number of aromatic amines is 1. The third-order valence-corrected chi connectivity index (χ3v) is 2.56. The van der Waals surface area contributed by atoms with Crippen molar-refractivity contribution in [3.8, 4) is 17.0 Å². The van der Waals surface area contributed by atoms with E-state index in [-0.39, 0.29) is 0 Å². The number of ether oxygens (including phenoxy) is 1. The summed E-state index contributed by atoms with van der Waals surface area (Å²) in [7, 11) is 0. The maximum absolute atomic E-state index is 5.62. The number of hydrogen-bond donors (Lipinski definition) is 2. The molecule has 0 bridgehead atoms. The van der Waals surface area contributed by atoms with E-state index in [0.717, 1.165) is 22.7 Å². The van der Waals surface area contributed by atoms with E-state index in [1.54, 1.807) is 0 Å². The number of anilines is 1. The van der Waals surface area contributed by atoms with Crippen molar-refractivity contribution in [2.75, 3.05) is 5.73 Å². The Balaban J connectivity index is 2.25. The number of hydrogen-bond acceptors (Lipinski definition) is 3. The quantitative estimate of drug-likeness (QED) is 0.683. The molecule has 4 nitrogen and oxygen atoms in total. The summed E-state index contributed by atoms with van der Waals surface area (Å²) >= 11 is 0. The van der Waals surface area contributed by atoms with E-state index in [1.165, 1.54) is 5.56 Å². The van der Waals surface area contributed by atoms with Gasteiger partial charge >= 0.3 is 0 Å². The molecule has 4 heteroatoms. The molecule has 0 spiro atoms. The number of nitrogens with zero attached hydrogens (tertiary/aromatic N) is 1. The Morgan fingerprint density at radius 2 is 2.33 bits per heavy atom. The SMILES string of the molecule is Cc1ccc2c(c1)OCc1[nH]c(N)nc1-2. The molecule has 0 unspecified atom stereocenters. The summed E-state index contributed by atoms with van der Waals surface area (Å²) in [4.78, 5) is 7.26. The second kappa shape index (κ2) is 2.76. The molecule has 0 atom stereocenters. The van der Waals surface area contributed by atoms with E-state index in [2.05, 4.69) is 9.97 Å². The maximum atomic E-state index is 5.62. The van der Waals surface area contributed by atoms with Crippen LogP contribution >= 0.6 is 0 Å². The minimum absolute atomic E-state index is 0.442. The Kier molecular flexibility index (Phi) is 1.54. The van der Waals surface area contributed by atoms with Crippen LogP contribution in [0.2, 0.25) is 0 Å². The Hall–Kier alpha value is -1.97. The number of nitrogens with one attached hydrogen (secondary N) is 1. The summed E-state index contributed by atoms with van der Waals surface area (Å²) in [6.45, 7) is 2.55. The molecule has 0 saturated carbocycles. The number of aromatic nitrogens is 2. The summed E-state index contributed by atoms with van der Waals surface area (Å²) in [5.41, 5.74) is 9.67. The van der Waals surface area contributed by atoms with Gasteiger partial charge in [-0.15, -0.1) is 0 Å². The summed E-state index contributed by atoms with van der Waals surface area (Å²) in [6.07, 6.45) is 0. The van der Waals surface area contributed by atoms with Crippen molar-refractivity contribution in [2.45, 2.75) is 13.5 Å². The highest BCUT2D eigenvalue weighted by atomic mass is 16.5. The normalized spacial score (nSPS) is 12.9. The lowest BCUT2D eigenvalue weighted by molar-refractivity contribution is 0.297. The molecule has 0 saturated heterocycles. The van der Waals surface area contributed by atoms with E-state index >= 15 is 0 Å². The molecule has 2 heterocycles. The van der Waals surface area contributed by atoms with Gasteiger partial charge in [0.2, 0.25) is 0 Å². The highest BCUT2D eigenvalue weighted by molar-refractivity contribution is 5.72. The van der Waals surface area contributed by atoms with E-state index in [0.29, 0.717) is 12.6 Å². The fourth-order valence-corrected chi connectivity index (χ4v) is 1.85. The number of H-pyrrole nitrogens is 1. The average molecular weight is 201 g/mol. The Morgan fingerprint density at radius 1 is 1.47 bits per heavy atom. The first kappa shape index (κ1) is 8.35. The molecule has 3 N–H and O–H groups in total. The van der Waals surface area contributed by atoms with Crippen LogP contribution in [0.15, 0.2) is 18.2 Å². The van der Waals surface area contributed by atoms with E-state index in [9.17, 15) is 0 Å². The van der Waals surface area contributed by atoms with Crippen molar-refractivity contribution < 1.29 is 4.74 Å². The molecule has 0 fully saturated rings. The molecule has 2 aromatic rings. The van der Waals surface area contributed by atoms with Crippen LogP contribution in [0.4, 0.5) is 5.95 Å². The van der Waals surface area contributed by atoms with Crippen molar-refractivity contribution in [3.63, 3.8) is 0 Å². The van der Waals surface area contributed by atoms with Gasteiger partial charge in [0.05, 0.1) is 5.69 Å². The smallest absolute Gasteiger partial charge is 0.198 e. The fourth-order valence-electron chi connectivity index (χ4n) is 1.85. The molecule has 0 aliphatic carbocycles. The van der Waals surface area contributed by atoms with Gasteiger partial charge in [-0.05, 0) is 24.6 Å². The number of imidazole rings is 1. The van der Waals surface area contributed by atoms with Gasteiger partial charge in [-0.3, -0.25) is 0 Å². The Bertz CT molecular complexity index is 531. The zero-order valence-corrected chi connectivity index (χ0v) is 8.37. The van der Waals surface area contributed by atoms with Gasteiger partial charge < -0.3 is 15.5 Å². The van der Waals surface area contributed by atoms with Crippen molar-refractivity contribution in [1.82, 2.24) is 9.97 Å². The topological polar surface area (TPSA) is 63.9 Å². The monoisotopic (exact) mass is 201 g/mol. The number of rotatable bonds is 0. The van der Waals surface area contributed by atoms with Crippen LogP contribution in [-0.4, -0.2) is 9.97 Å². The summed E-state index contributed by atoms with van der Waals surface area (Å²) in [5.74, 6) is 1.33. The van der Waals surface area contributed by atoms with Gasteiger partial charge in [0.25, 0.3) is 0 Å². The first-order chi connectivity index (χ1) is 7.24. The second-order valence-corrected chi connectivity index (χ2v) is 3.74. The lowest BCUT2D eigenvalue weighted by atomic mass is 10.1. The molecule has 0 amide bonds. The Labute approximate surface area is 87.1 Å². The number of nitrogen functional groups attached to an aromatic ring is 1. The largest absolute Gasteiger partial charge is 0.487 e. The third kappa shape index (κ3) is 1.18. The number of nitrogens with two attached hydrogens (primary N) is 1. The minimum atomic E-state index is 0.442.